The number of benzene rings is 1. The van der Waals surface area contributed by atoms with Crippen LogP contribution in [0.2, 0.25) is 0 Å². The van der Waals surface area contributed by atoms with Gasteiger partial charge in [0.1, 0.15) is 5.54 Å². The zero-order valence-corrected chi connectivity index (χ0v) is 17.4. The third-order valence-corrected chi connectivity index (χ3v) is 7.07. The zero-order chi connectivity index (χ0) is 24.2. The highest BCUT2D eigenvalue weighted by atomic mass is 32.2. The highest BCUT2D eigenvalue weighted by Gasteiger charge is 2.67. The minimum Gasteiger partial charge on any atom is -0.351 e. The molecule has 4 N–H and O–H groups in total. The Morgan fingerprint density at radius 2 is 1.91 bits per heavy atom. The monoisotopic (exact) mass is 483 g/mol. The first kappa shape index (κ1) is 22.5. The minimum absolute atomic E-state index is 0.0684. The fourth-order valence-electron chi connectivity index (χ4n) is 3.84. The van der Waals surface area contributed by atoms with Crippen molar-refractivity contribution in [3.05, 3.63) is 48.3 Å². The molecule has 1 spiro atoms. The molecule has 2 fully saturated rings. The Hall–Kier alpha value is -3.68. The molecular weight excluding hydrogens is 467 g/mol. The summed E-state index contributed by atoms with van der Waals surface area (Å²) in [6.07, 6.45) is 3.50. The predicted octanol–water partition coefficient (Wildman–Crippen LogP) is 1.92. The largest absolute Gasteiger partial charge is 0.501 e. The van der Waals surface area contributed by atoms with Gasteiger partial charge in [-0.25, -0.2) is 22.9 Å². The average molecular weight is 483 g/mol. The zero-order valence-electron chi connectivity index (χ0n) is 16.6. The van der Waals surface area contributed by atoms with Crippen molar-refractivity contribution in [2.75, 3.05) is 10.2 Å². The van der Waals surface area contributed by atoms with Crippen LogP contribution in [-0.2, 0) is 21.1 Å². The molecule has 2 unspecified atom stereocenters. The number of primary amides is 1. The normalized spacial score (nSPS) is 22.4. The van der Waals surface area contributed by atoms with Crippen LogP contribution in [0.4, 0.5) is 34.1 Å². The Balaban J connectivity index is 1.54. The number of imide groups is 1. The number of halogens is 3. The first-order valence-corrected chi connectivity index (χ1v) is 10.9. The highest BCUT2D eigenvalue weighted by molar-refractivity contribution is 7.92. The second-order valence-corrected chi connectivity index (χ2v) is 9.55. The number of anilines is 2. The second kappa shape index (κ2) is 7.43. The van der Waals surface area contributed by atoms with Gasteiger partial charge in [0.05, 0.1) is 22.5 Å². The molecular formula is C19H16F3N5O5S. The van der Waals surface area contributed by atoms with E-state index in [0.29, 0.717) is 36.2 Å². The summed E-state index contributed by atoms with van der Waals surface area (Å²) >= 11 is 0. The number of carbonyl (C=O) groups excluding carboxylic acids is 3. The van der Waals surface area contributed by atoms with Crippen LogP contribution in [0.25, 0.3) is 0 Å². The fourth-order valence-corrected chi connectivity index (χ4v) is 4.60. The lowest BCUT2D eigenvalue weighted by Crippen LogP contribution is -2.35. The molecule has 2 aromatic rings. The summed E-state index contributed by atoms with van der Waals surface area (Å²) in [5.41, 5.74) is -0.599. The molecule has 1 saturated heterocycles. The summed E-state index contributed by atoms with van der Waals surface area (Å²) in [5.74, 6) is -0.929. The molecule has 2 aliphatic rings. The van der Waals surface area contributed by atoms with Crippen LogP contribution >= 0.6 is 0 Å². The van der Waals surface area contributed by atoms with Gasteiger partial charge in [0.15, 0.2) is 0 Å². The Morgan fingerprint density at radius 1 is 1.24 bits per heavy atom. The van der Waals surface area contributed by atoms with Crippen LogP contribution < -0.4 is 21.3 Å². The number of nitrogens with two attached hydrogens (primary N) is 1. The predicted molar refractivity (Wildman–Crippen MR) is 108 cm³/mol. The number of alkyl halides is 3. The maximum absolute atomic E-state index is 13.0. The van der Waals surface area contributed by atoms with Gasteiger partial charge in [-0.2, -0.15) is 13.2 Å². The van der Waals surface area contributed by atoms with E-state index in [0.717, 1.165) is 17.0 Å². The number of sulfone groups is 1. The van der Waals surface area contributed by atoms with Crippen LogP contribution in [0.15, 0.2) is 47.6 Å². The van der Waals surface area contributed by atoms with Crippen molar-refractivity contribution >= 4 is 39.2 Å². The van der Waals surface area contributed by atoms with E-state index in [9.17, 15) is 36.0 Å². The molecule has 1 aliphatic heterocycles. The second-order valence-electron chi connectivity index (χ2n) is 7.61. The lowest BCUT2D eigenvalue weighted by atomic mass is 10.0. The van der Waals surface area contributed by atoms with E-state index >= 15 is 0 Å². The van der Waals surface area contributed by atoms with E-state index in [1.54, 1.807) is 6.07 Å². The van der Waals surface area contributed by atoms with Crippen molar-refractivity contribution in [2.24, 2.45) is 11.7 Å². The molecule has 2 heterocycles. The number of nitrogens with one attached hydrogen (secondary N) is 2. The maximum atomic E-state index is 13.0. The number of aromatic nitrogens is 1. The van der Waals surface area contributed by atoms with Gasteiger partial charge in [-0.3, -0.25) is 9.78 Å². The molecule has 14 heteroatoms. The molecule has 10 nitrogen and oxygen atoms in total. The number of rotatable bonds is 5. The van der Waals surface area contributed by atoms with Gasteiger partial charge in [0.2, 0.25) is 0 Å². The van der Waals surface area contributed by atoms with Gasteiger partial charge >= 0.3 is 17.6 Å². The van der Waals surface area contributed by atoms with Gasteiger partial charge in [-0.1, -0.05) is 0 Å². The van der Waals surface area contributed by atoms with Crippen LogP contribution in [0.3, 0.4) is 0 Å². The Labute approximate surface area is 184 Å². The third kappa shape index (κ3) is 3.75. The number of carbonyl (C=O) groups is 3. The Bertz CT molecular complexity index is 1270. The first-order valence-electron chi connectivity index (χ1n) is 9.44. The summed E-state index contributed by atoms with van der Waals surface area (Å²) in [7, 11) is -5.56. The number of hydrogen-bond donors (Lipinski definition) is 3. The molecule has 1 aromatic carbocycles. The molecule has 1 saturated carbocycles. The summed E-state index contributed by atoms with van der Waals surface area (Å²) in [6, 6.07) is 3.37. The van der Waals surface area contributed by atoms with Crippen LogP contribution in [0.5, 0.6) is 0 Å². The molecule has 5 amide bonds. The van der Waals surface area contributed by atoms with Crippen LogP contribution in [0, 0.1) is 5.92 Å². The molecule has 33 heavy (non-hydrogen) atoms. The van der Waals surface area contributed by atoms with Crippen LogP contribution in [-0.4, -0.2) is 42.4 Å². The third-order valence-electron chi connectivity index (χ3n) is 5.57. The molecule has 0 radical (unpaired) electrons. The van der Waals surface area contributed by atoms with E-state index < -0.39 is 43.7 Å². The SMILES string of the molecule is NC(=O)Nc1cnccc1CC1CC12NC(=O)N(c1ccc(S(=O)(=O)C(F)(F)F)cc1)C2=O. The number of hydrogen-bond acceptors (Lipinski definition) is 6. The minimum atomic E-state index is -5.56. The van der Waals surface area contributed by atoms with E-state index in [-0.39, 0.29) is 11.6 Å². The standard InChI is InChI=1S/C19H16F3N5O5S/c20-19(21,22)33(31,32)13-3-1-12(2-4-13)27-15(28)18(26-17(27)30)8-11(18)7-10-5-6-24-9-14(10)25-16(23)29/h1-6,9,11H,7-8H2,(H,26,30)(H3,23,25,29). The van der Waals surface area contributed by atoms with Gasteiger partial charge in [-0.05, 0) is 54.7 Å². The summed E-state index contributed by atoms with van der Waals surface area (Å²) < 4.78 is 61.2. The smallest absolute Gasteiger partial charge is 0.351 e. The van der Waals surface area contributed by atoms with Gasteiger partial charge in [0.25, 0.3) is 15.7 Å². The lowest BCUT2D eigenvalue weighted by Gasteiger charge is -2.14. The quantitative estimate of drug-likeness (QED) is 0.553. The summed E-state index contributed by atoms with van der Waals surface area (Å²) in [6.45, 7) is 0. The molecule has 0 bridgehead atoms. The topological polar surface area (TPSA) is 152 Å². The molecule has 1 aliphatic carbocycles. The first-order chi connectivity index (χ1) is 15.4. The molecule has 2 atom stereocenters. The van der Waals surface area contributed by atoms with Crippen molar-refractivity contribution < 1.29 is 36.0 Å². The molecule has 4 rings (SSSR count). The lowest BCUT2D eigenvalue weighted by molar-refractivity contribution is -0.119. The summed E-state index contributed by atoms with van der Waals surface area (Å²) in [4.78, 5) is 40.4. The van der Waals surface area contributed by atoms with E-state index in [1.165, 1.54) is 12.4 Å². The van der Waals surface area contributed by atoms with Gasteiger partial charge < -0.3 is 16.4 Å². The van der Waals surface area contributed by atoms with Gasteiger partial charge in [0, 0.05) is 6.20 Å². The number of urea groups is 2. The molecule has 1 aromatic heterocycles. The number of amides is 5. The fraction of sp³-hybridized carbons (Fsp3) is 0.263. The Morgan fingerprint density at radius 3 is 2.52 bits per heavy atom. The van der Waals surface area contributed by atoms with Crippen molar-refractivity contribution in [3.8, 4) is 0 Å². The van der Waals surface area contributed by atoms with E-state index in [2.05, 4.69) is 15.6 Å². The van der Waals surface area contributed by atoms with E-state index in [1.807, 2.05) is 0 Å². The van der Waals surface area contributed by atoms with Gasteiger partial charge in [-0.15, -0.1) is 0 Å². The van der Waals surface area contributed by atoms with Crippen molar-refractivity contribution in [1.29, 1.82) is 0 Å². The van der Waals surface area contributed by atoms with E-state index in [4.69, 9.17) is 5.73 Å². The van der Waals surface area contributed by atoms with Crippen molar-refractivity contribution in [2.45, 2.75) is 28.8 Å². The van der Waals surface area contributed by atoms with Crippen molar-refractivity contribution in [1.82, 2.24) is 10.3 Å². The Kier molecular flexibility index (Phi) is 5.07. The number of pyridine rings is 1. The van der Waals surface area contributed by atoms with Crippen molar-refractivity contribution in [3.63, 3.8) is 0 Å². The highest BCUT2D eigenvalue weighted by Crippen LogP contribution is 2.50. The number of nitrogens with zero attached hydrogens (tertiary/aromatic N) is 2. The average Bonchev–Trinajstić information content (AvgIpc) is 3.34. The molecule has 174 valence electrons. The summed E-state index contributed by atoms with van der Waals surface area (Å²) in [5, 5.41) is 5.05. The maximum Gasteiger partial charge on any atom is 0.501 e. The van der Waals surface area contributed by atoms with Crippen LogP contribution in [0.1, 0.15) is 12.0 Å².